The number of nitrogens with zero attached hydrogens (tertiary/aromatic N) is 1. The first-order chi connectivity index (χ1) is 6.31. The Balaban J connectivity index is 2.63. The van der Waals surface area contributed by atoms with E-state index >= 15 is 0 Å². The first kappa shape index (κ1) is 11.9. The summed E-state index contributed by atoms with van der Waals surface area (Å²) in [6, 6.07) is 0. The van der Waals surface area contributed by atoms with Crippen LogP contribution in [-0.2, 0) is 10.1 Å². The average molecular weight is 221 g/mol. The summed E-state index contributed by atoms with van der Waals surface area (Å²) in [5.74, 6) is -0.181. The Morgan fingerprint density at radius 1 is 1.21 bits per heavy atom. The number of likely N-dealkylation sites (tertiary alicyclic amines) is 1. The predicted octanol–water partition coefficient (Wildman–Crippen LogP) is 1.14. The van der Waals surface area contributed by atoms with Gasteiger partial charge in [-0.05, 0) is 39.8 Å². The number of rotatable bonds is 3. The van der Waals surface area contributed by atoms with Crippen LogP contribution >= 0.6 is 0 Å². The maximum absolute atomic E-state index is 10.8. The van der Waals surface area contributed by atoms with Crippen LogP contribution in [0.5, 0.6) is 0 Å². The molecular formula is C9H19NO3S. The van der Waals surface area contributed by atoms with E-state index in [1.807, 2.05) is 13.8 Å². The quantitative estimate of drug-likeness (QED) is 0.726. The number of hydrogen-bond donors (Lipinski definition) is 1. The molecule has 5 heteroatoms. The smallest absolute Gasteiger partial charge is 0.266 e. The molecule has 0 aromatic heterocycles. The van der Waals surface area contributed by atoms with Crippen molar-refractivity contribution in [2.75, 3.05) is 18.8 Å². The van der Waals surface area contributed by atoms with Crippen LogP contribution in [0.25, 0.3) is 0 Å². The van der Waals surface area contributed by atoms with Crippen molar-refractivity contribution in [3.63, 3.8) is 0 Å². The van der Waals surface area contributed by atoms with Gasteiger partial charge < -0.3 is 0 Å². The van der Waals surface area contributed by atoms with Gasteiger partial charge in [0, 0.05) is 5.54 Å². The van der Waals surface area contributed by atoms with Crippen molar-refractivity contribution >= 4 is 10.1 Å². The zero-order chi connectivity index (χ0) is 10.8. The Hall–Kier alpha value is -0.130. The lowest BCUT2D eigenvalue weighted by Crippen LogP contribution is -2.50. The summed E-state index contributed by atoms with van der Waals surface area (Å²) in [7, 11) is -3.87. The topological polar surface area (TPSA) is 57.6 Å². The fourth-order valence-electron chi connectivity index (χ4n) is 2.04. The van der Waals surface area contributed by atoms with Crippen molar-refractivity contribution in [3.8, 4) is 0 Å². The molecule has 1 N–H and O–H groups in total. The lowest BCUT2D eigenvalue weighted by molar-refractivity contribution is 0.111. The van der Waals surface area contributed by atoms with E-state index in [2.05, 4.69) is 4.90 Å². The number of piperidine rings is 1. The van der Waals surface area contributed by atoms with Crippen molar-refractivity contribution in [2.45, 2.75) is 38.6 Å². The van der Waals surface area contributed by atoms with Gasteiger partial charge in [-0.3, -0.25) is 9.45 Å². The summed E-state index contributed by atoms with van der Waals surface area (Å²) in [6.45, 7) is 5.60. The Bertz CT molecular complexity index is 278. The highest BCUT2D eigenvalue weighted by Gasteiger charge is 2.32. The molecule has 0 amide bonds. The standard InChI is InChI=1S/C9H19NO3S/c1-9(2,8-14(11,12)13)10-6-4-3-5-7-10/h3-8H2,1-2H3,(H,11,12,13). The fourth-order valence-corrected chi connectivity index (χ4v) is 3.11. The molecule has 0 atom stereocenters. The summed E-state index contributed by atoms with van der Waals surface area (Å²) in [4.78, 5) is 2.14. The van der Waals surface area contributed by atoms with Crippen LogP contribution in [0.15, 0.2) is 0 Å². The Kier molecular flexibility index (Phi) is 3.55. The van der Waals surface area contributed by atoms with Crippen molar-refractivity contribution in [2.24, 2.45) is 0 Å². The SMILES string of the molecule is CC(C)(CS(=O)(=O)O)N1CCCCC1. The molecule has 0 radical (unpaired) electrons. The van der Waals surface area contributed by atoms with Crippen LogP contribution in [0.4, 0.5) is 0 Å². The van der Waals surface area contributed by atoms with E-state index in [0.29, 0.717) is 0 Å². The van der Waals surface area contributed by atoms with Crippen LogP contribution < -0.4 is 0 Å². The van der Waals surface area contributed by atoms with E-state index in [1.165, 1.54) is 6.42 Å². The molecule has 4 nitrogen and oxygen atoms in total. The summed E-state index contributed by atoms with van der Waals surface area (Å²) < 4.78 is 30.5. The first-order valence-electron chi connectivity index (χ1n) is 5.01. The molecule has 0 aromatic carbocycles. The molecule has 84 valence electrons. The van der Waals surface area contributed by atoms with E-state index in [0.717, 1.165) is 25.9 Å². The summed E-state index contributed by atoms with van der Waals surface area (Å²) in [6.07, 6.45) is 3.46. The highest BCUT2D eigenvalue weighted by Crippen LogP contribution is 2.21. The lowest BCUT2D eigenvalue weighted by Gasteiger charge is -2.40. The Labute approximate surface area is 86.0 Å². The second-order valence-corrected chi connectivity index (χ2v) is 6.04. The third-order valence-corrected chi connectivity index (χ3v) is 3.82. The molecule has 0 aromatic rings. The largest absolute Gasteiger partial charge is 0.297 e. The summed E-state index contributed by atoms with van der Waals surface area (Å²) in [5, 5.41) is 0. The van der Waals surface area contributed by atoms with Crippen molar-refractivity contribution in [1.82, 2.24) is 4.90 Å². The zero-order valence-electron chi connectivity index (χ0n) is 8.86. The van der Waals surface area contributed by atoms with Crippen molar-refractivity contribution in [1.29, 1.82) is 0 Å². The molecule has 1 heterocycles. The molecule has 1 rings (SSSR count). The van der Waals surface area contributed by atoms with Crippen LogP contribution in [0.3, 0.4) is 0 Å². The normalized spacial score (nSPS) is 21.1. The maximum atomic E-state index is 10.8. The van der Waals surface area contributed by atoms with Gasteiger partial charge in [-0.25, -0.2) is 0 Å². The van der Waals surface area contributed by atoms with Gasteiger partial charge in [-0.2, -0.15) is 8.42 Å². The molecular weight excluding hydrogens is 202 g/mol. The highest BCUT2D eigenvalue weighted by atomic mass is 32.2. The van der Waals surface area contributed by atoms with Gasteiger partial charge >= 0.3 is 0 Å². The van der Waals surface area contributed by atoms with Gasteiger partial charge in [0.1, 0.15) is 0 Å². The predicted molar refractivity (Wildman–Crippen MR) is 55.9 cm³/mol. The van der Waals surface area contributed by atoms with E-state index in [4.69, 9.17) is 4.55 Å². The van der Waals surface area contributed by atoms with Crippen molar-refractivity contribution in [3.05, 3.63) is 0 Å². The van der Waals surface area contributed by atoms with Gasteiger partial charge in [0.05, 0.1) is 5.75 Å². The zero-order valence-corrected chi connectivity index (χ0v) is 9.68. The van der Waals surface area contributed by atoms with Gasteiger partial charge in [0.25, 0.3) is 10.1 Å². The molecule has 0 aliphatic carbocycles. The van der Waals surface area contributed by atoms with Crippen LogP contribution in [-0.4, -0.2) is 42.3 Å². The molecule has 0 bridgehead atoms. The van der Waals surface area contributed by atoms with E-state index in [9.17, 15) is 8.42 Å². The average Bonchev–Trinajstić information content (AvgIpc) is 2.01. The van der Waals surface area contributed by atoms with Gasteiger partial charge in [0.2, 0.25) is 0 Å². The Morgan fingerprint density at radius 2 is 1.71 bits per heavy atom. The fraction of sp³-hybridized carbons (Fsp3) is 1.00. The molecule has 0 spiro atoms. The van der Waals surface area contributed by atoms with Gasteiger partial charge in [0.15, 0.2) is 0 Å². The molecule has 0 saturated carbocycles. The van der Waals surface area contributed by atoms with Crippen LogP contribution in [0.1, 0.15) is 33.1 Å². The Morgan fingerprint density at radius 3 is 2.14 bits per heavy atom. The molecule has 1 aliphatic rings. The van der Waals surface area contributed by atoms with E-state index in [1.54, 1.807) is 0 Å². The van der Waals surface area contributed by atoms with Gasteiger partial charge in [-0.1, -0.05) is 6.42 Å². The maximum Gasteiger partial charge on any atom is 0.266 e. The highest BCUT2D eigenvalue weighted by molar-refractivity contribution is 7.85. The summed E-state index contributed by atoms with van der Waals surface area (Å²) >= 11 is 0. The molecule has 1 fully saturated rings. The second kappa shape index (κ2) is 4.16. The minimum absolute atomic E-state index is 0.181. The third-order valence-electron chi connectivity index (χ3n) is 2.75. The minimum Gasteiger partial charge on any atom is -0.297 e. The van der Waals surface area contributed by atoms with Crippen LogP contribution in [0.2, 0.25) is 0 Å². The molecule has 0 unspecified atom stereocenters. The molecule has 1 saturated heterocycles. The van der Waals surface area contributed by atoms with Crippen molar-refractivity contribution < 1.29 is 13.0 Å². The van der Waals surface area contributed by atoms with Gasteiger partial charge in [-0.15, -0.1) is 0 Å². The molecule has 14 heavy (non-hydrogen) atoms. The molecule has 1 aliphatic heterocycles. The van der Waals surface area contributed by atoms with E-state index < -0.39 is 15.7 Å². The number of hydrogen-bond acceptors (Lipinski definition) is 3. The third kappa shape index (κ3) is 3.55. The second-order valence-electron chi connectivity index (χ2n) is 4.59. The first-order valence-corrected chi connectivity index (χ1v) is 6.62. The van der Waals surface area contributed by atoms with Crippen LogP contribution in [0, 0.1) is 0 Å². The minimum atomic E-state index is -3.87. The van der Waals surface area contributed by atoms with E-state index in [-0.39, 0.29) is 5.75 Å². The summed E-state index contributed by atoms with van der Waals surface area (Å²) in [5.41, 5.74) is -0.450. The monoisotopic (exact) mass is 221 g/mol. The lowest BCUT2D eigenvalue weighted by atomic mass is 10.0.